The van der Waals surface area contributed by atoms with Crippen molar-refractivity contribution in [1.82, 2.24) is 10.2 Å². The number of hydrogen-bond acceptors (Lipinski definition) is 3. The summed E-state index contributed by atoms with van der Waals surface area (Å²) < 4.78 is 0. The molecule has 3 N–H and O–H groups in total. The van der Waals surface area contributed by atoms with Gasteiger partial charge in [-0.3, -0.25) is 9.69 Å². The molecular weight excluding hydrogens is 297 g/mol. The van der Waals surface area contributed by atoms with Crippen molar-refractivity contribution in [3.05, 3.63) is 35.4 Å². The second-order valence-electron chi connectivity index (χ2n) is 4.85. The lowest BCUT2D eigenvalue weighted by Crippen LogP contribution is -2.45. The summed E-state index contributed by atoms with van der Waals surface area (Å²) in [5.41, 5.74) is 8.13. The molecule has 0 aromatic heterocycles. The van der Waals surface area contributed by atoms with Crippen molar-refractivity contribution in [3.8, 4) is 0 Å². The lowest BCUT2D eigenvalue weighted by Gasteiger charge is -2.33. The molecule has 4 nitrogen and oxygen atoms in total. The Balaban J connectivity index is 0.00000180. The molecule has 0 bridgehead atoms. The van der Waals surface area contributed by atoms with Gasteiger partial charge in [-0.15, -0.1) is 24.8 Å². The number of carbonyl (C=O) groups excluding carboxylic acids is 1. The van der Waals surface area contributed by atoms with E-state index in [1.165, 1.54) is 11.1 Å². The molecule has 0 saturated carbocycles. The first-order chi connectivity index (χ1) is 8.70. The number of benzene rings is 1. The van der Waals surface area contributed by atoms with Crippen LogP contribution in [0.5, 0.6) is 0 Å². The van der Waals surface area contributed by atoms with Gasteiger partial charge in [0.2, 0.25) is 5.91 Å². The number of nitrogens with two attached hydrogens (primary N) is 1. The molecule has 114 valence electrons. The van der Waals surface area contributed by atoms with Crippen LogP contribution in [-0.4, -0.2) is 36.5 Å². The van der Waals surface area contributed by atoms with E-state index in [-0.39, 0.29) is 37.3 Å². The van der Waals surface area contributed by atoms with Crippen molar-refractivity contribution in [2.24, 2.45) is 5.73 Å². The summed E-state index contributed by atoms with van der Waals surface area (Å²) >= 11 is 0. The quantitative estimate of drug-likeness (QED) is 0.880. The van der Waals surface area contributed by atoms with Crippen molar-refractivity contribution >= 4 is 30.7 Å². The maximum Gasteiger partial charge on any atom is 0.233 e. The van der Waals surface area contributed by atoms with Crippen LogP contribution < -0.4 is 11.1 Å². The Bertz CT molecular complexity index is 429. The number of amides is 1. The molecule has 0 radical (unpaired) electrons. The second kappa shape index (κ2) is 9.19. The fourth-order valence-corrected chi connectivity index (χ4v) is 2.36. The van der Waals surface area contributed by atoms with Gasteiger partial charge in [0.15, 0.2) is 0 Å². The minimum atomic E-state index is -0.0840. The molecule has 1 aliphatic rings. The Kier molecular flexibility index (Phi) is 8.81. The van der Waals surface area contributed by atoms with Crippen LogP contribution in [0.3, 0.4) is 0 Å². The molecule has 1 aliphatic heterocycles. The largest absolute Gasteiger partial charge is 0.353 e. The molecule has 1 heterocycles. The minimum absolute atomic E-state index is 0. The van der Waals surface area contributed by atoms with E-state index in [1.54, 1.807) is 0 Å². The van der Waals surface area contributed by atoms with Crippen molar-refractivity contribution in [3.63, 3.8) is 0 Å². The first-order valence-electron chi connectivity index (χ1n) is 6.48. The Morgan fingerprint density at radius 3 is 2.65 bits per heavy atom. The van der Waals surface area contributed by atoms with Gasteiger partial charge in [0, 0.05) is 25.7 Å². The van der Waals surface area contributed by atoms with E-state index >= 15 is 0 Å². The highest BCUT2D eigenvalue weighted by Gasteiger charge is 2.20. The van der Waals surface area contributed by atoms with Crippen LogP contribution in [-0.2, 0) is 17.8 Å². The first kappa shape index (κ1) is 19.2. The summed E-state index contributed by atoms with van der Waals surface area (Å²) in [6.45, 7) is 4.89. The zero-order chi connectivity index (χ0) is 13.0. The fourth-order valence-electron chi connectivity index (χ4n) is 2.36. The first-order valence-corrected chi connectivity index (χ1v) is 6.48. The SMILES string of the molecule is CC(CNC(=O)CN)N1CCc2ccccc2C1.Cl.Cl. The Morgan fingerprint density at radius 2 is 2.00 bits per heavy atom. The summed E-state index contributed by atoms with van der Waals surface area (Å²) in [7, 11) is 0. The predicted molar refractivity (Wildman–Crippen MR) is 86.6 cm³/mol. The van der Waals surface area contributed by atoms with Gasteiger partial charge in [0.05, 0.1) is 6.54 Å². The van der Waals surface area contributed by atoms with E-state index in [0.717, 1.165) is 19.5 Å². The highest BCUT2D eigenvalue weighted by atomic mass is 35.5. The van der Waals surface area contributed by atoms with Crippen molar-refractivity contribution in [2.75, 3.05) is 19.6 Å². The lowest BCUT2D eigenvalue weighted by molar-refractivity contribution is -0.119. The van der Waals surface area contributed by atoms with Gasteiger partial charge in [-0.25, -0.2) is 0 Å². The van der Waals surface area contributed by atoms with E-state index in [1.807, 2.05) is 0 Å². The molecule has 1 amide bonds. The highest BCUT2D eigenvalue weighted by Crippen LogP contribution is 2.19. The standard InChI is InChI=1S/C14H21N3O.2ClH/c1-11(9-16-14(18)8-15)17-7-6-12-4-2-3-5-13(12)10-17;;/h2-5,11H,6-10,15H2,1H3,(H,16,18);2*1H. The monoisotopic (exact) mass is 319 g/mol. The van der Waals surface area contributed by atoms with Crippen LogP contribution in [0.25, 0.3) is 0 Å². The van der Waals surface area contributed by atoms with Crippen LogP contribution in [0.4, 0.5) is 0 Å². The maximum atomic E-state index is 11.1. The lowest BCUT2D eigenvalue weighted by atomic mass is 9.99. The third-order valence-electron chi connectivity index (χ3n) is 3.56. The van der Waals surface area contributed by atoms with E-state index in [4.69, 9.17) is 5.73 Å². The average molecular weight is 320 g/mol. The Morgan fingerprint density at radius 1 is 1.35 bits per heavy atom. The smallest absolute Gasteiger partial charge is 0.233 e. The van der Waals surface area contributed by atoms with Crippen LogP contribution in [0.1, 0.15) is 18.1 Å². The van der Waals surface area contributed by atoms with Crippen LogP contribution >= 0.6 is 24.8 Å². The molecule has 2 rings (SSSR count). The summed E-state index contributed by atoms with van der Waals surface area (Å²) in [5.74, 6) is -0.0840. The van der Waals surface area contributed by atoms with E-state index in [0.29, 0.717) is 12.6 Å². The molecule has 1 aromatic carbocycles. The Hall–Kier alpha value is -0.810. The molecule has 20 heavy (non-hydrogen) atoms. The van der Waals surface area contributed by atoms with Crippen molar-refractivity contribution in [2.45, 2.75) is 25.9 Å². The van der Waals surface area contributed by atoms with Crippen LogP contribution in [0.15, 0.2) is 24.3 Å². The fraction of sp³-hybridized carbons (Fsp3) is 0.500. The molecule has 6 heteroatoms. The second-order valence-corrected chi connectivity index (χ2v) is 4.85. The summed E-state index contributed by atoms with van der Waals surface area (Å²) in [4.78, 5) is 13.5. The molecule has 0 saturated heterocycles. The maximum absolute atomic E-state index is 11.1. The number of fused-ring (bicyclic) bond motifs is 1. The van der Waals surface area contributed by atoms with Crippen LogP contribution in [0.2, 0.25) is 0 Å². The molecule has 1 unspecified atom stereocenters. The normalized spacial score (nSPS) is 15.3. The van der Waals surface area contributed by atoms with Gasteiger partial charge in [0.25, 0.3) is 0 Å². The van der Waals surface area contributed by atoms with Gasteiger partial charge in [0.1, 0.15) is 0 Å². The number of nitrogens with zero attached hydrogens (tertiary/aromatic N) is 1. The molecule has 0 fully saturated rings. The van der Waals surface area contributed by atoms with Gasteiger partial charge < -0.3 is 11.1 Å². The van der Waals surface area contributed by atoms with Gasteiger partial charge in [-0.05, 0) is 24.5 Å². The zero-order valence-electron chi connectivity index (χ0n) is 11.7. The zero-order valence-corrected chi connectivity index (χ0v) is 13.3. The molecule has 0 aliphatic carbocycles. The van der Waals surface area contributed by atoms with Crippen LogP contribution in [0, 0.1) is 0 Å². The summed E-state index contributed by atoms with van der Waals surface area (Å²) in [6.07, 6.45) is 1.09. The number of hydrogen-bond donors (Lipinski definition) is 2. The third kappa shape index (κ3) is 4.94. The van der Waals surface area contributed by atoms with E-state index in [2.05, 4.69) is 41.4 Å². The van der Waals surface area contributed by atoms with Gasteiger partial charge in [-0.1, -0.05) is 24.3 Å². The Labute approximate surface area is 132 Å². The predicted octanol–water partition coefficient (Wildman–Crippen LogP) is 1.35. The summed E-state index contributed by atoms with van der Waals surface area (Å²) in [6, 6.07) is 8.91. The van der Waals surface area contributed by atoms with E-state index < -0.39 is 0 Å². The number of nitrogens with one attached hydrogen (secondary N) is 1. The third-order valence-corrected chi connectivity index (χ3v) is 3.56. The topological polar surface area (TPSA) is 58.4 Å². The number of halogens is 2. The minimum Gasteiger partial charge on any atom is -0.353 e. The van der Waals surface area contributed by atoms with Gasteiger partial charge in [-0.2, -0.15) is 0 Å². The average Bonchev–Trinajstić information content (AvgIpc) is 2.43. The molecule has 1 atom stereocenters. The molecule has 1 aromatic rings. The number of carbonyl (C=O) groups is 1. The number of rotatable bonds is 4. The molecule has 0 spiro atoms. The van der Waals surface area contributed by atoms with Crippen molar-refractivity contribution in [1.29, 1.82) is 0 Å². The van der Waals surface area contributed by atoms with E-state index in [9.17, 15) is 4.79 Å². The molecular formula is C14H23Cl2N3O. The highest BCUT2D eigenvalue weighted by molar-refractivity contribution is 5.85. The summed E-state index contributed by atoms with van der Waals surface area (Å²) in [5, 5.41) is 2.85. The van der Waals surface area contributed by atoms with Gasteiger partial charge >= 0.3 is 0 Å². The van der Waals surface area contributed by atoms with Crippen molar-refractivity contribution < 1.29 is 4.79 Å².